The van der Waals surface area contributed by atoms with Crippen LogP contribution in [-0.4, -0.2) is 35.6 Å². The molecule has 5 nitrogen and oxygen atoms in total. The van der Waals surface area contributed by atoms with Crippen LogP contribution in [0, 0.1) is 0 Å². The third kappa shape index (κ3) is 2.42. The van der Waals surface area contributed by atoms with Crippen LogP contribution in [0.3, 0.4) is 0 Å². The first-order valence-electron chi connectivity index (χ1n) is 4.19. The Hall–Kier alpha value is -1.10. The molecule has 0 aromatic heterocycles. The van der Waals surface area contributed by atoms with Crippen LogP contribution in [0.15, 0.2) is 5.16 Å². The van der Waals surface area contributed by atoms with Crippen molar-refractivity contribution >= 4 is 11.7 Å². The second kappa shape index (κ2) is 4.23. The summed E-state index contributed by atoms with van der Waals surface area (Å²) in [4.78, 5) is 15.9. The maximum Gasteiger partial charge on any atom is 0.339 e. The van der Waals surface area contributed by atoms with Crippen molar-refractivity contribution in [1.82, 2.24) is 0 Å². The number of esters is 1. The van der Waals surface area contributed by atoms with Crippen LogP contribution >= 0.6 is 0 Å². The minimum Gasteiger partial charge on any atom is -0.464 e. The predicted molar refractivity (Wildman–Crippen MR) is 45.2 cm³/mol. The molecule has 1 rings (SSSR count). The van der Waals surface area contributed by atoms with Crippen LogP contribution in [0.25, 0.3) is 0 Å². The van der Waals surface area contributed by atoms with Crippen LogP contribution in [0.4, 0.5) is 0 Å². The number of ether oxygens (including phenoxy) is 1. The largest absolute Gasteiger partial charge is 0.464 e. The summed E-state index contributed by atoms with van der Waals surface area (Å²) in [5.41, 5.74) is 0.772. The third-order valence-corrected chi connectivity index (χ3v) is 1.72. The molecule has 0 aromatic carbocycles. The van der Waals surface area contributed by atoms with Crippen molar-refractivity contribution in [3.8, 4) is 0 Å². The molecule has 0 bridgehead atoms. The number of oxime groups is 1. The van der Waals surface area contributed by atoms with Gasteiger partial charge in [0.15, 0.2) is 12.2 Å². The zero-order chi connectivity index (χ0) is 9.84. The highest BCUT2D eigenvalue weighted by molar-refractivity contribution is 5.84. The molecule has 0 unspecified atom stereocenters. The van der Waals surface area contributed by atoms with E-state index in [1.54, 1.807) is 13.8 Å². The molecule has 2 atom stereocenters. The van der Waals surface area contributed by atoms with Gasteiger partial charge in [0.2, 0.25) is 0 Å². The zero-order valence-corrected chi connectivity index (χ0v) is 7.69. The molecule has 0 aliphatic carbocycles. The molecule has 1 heterocycles. The Kier molecular flexibility index (Phi) is 3.25. The molecule has 1 N–H and O–H groups in total. The van der Waals surface area contributed by atoms with E-state index in [2.05, 4.69) is 9.89 Å². The van der Waals surface area contributed by atoms with Crippen molar-refractivity contribution in [3.05, 3.63) is 0 Å². The highest BCUT2D eigenvalue weighted by atomic mass is 16.7. The van der Waals surface area contributed by atoms with Crippen molar-refractivity contribution in [2.45, 2.75) is 32.5 Å². The quantitative estimate of drug-likeness (QED) is 0.635. The number of rotatable bonds is 3. The first-order chi connectivity index (χ1) is 6.15. The van der Waals surface area contributed by atoms with Gasteiger partial charge < -0.3 is 14.7 Å². The highest BCUT2D eigenvalue weighted by Gasteiger charge is 2.32. The average molecular weight is 187 g/mol. The summed E-state index contributed by atoms with van der Waals surface area (Å²) in [6.07, 6.45) is -1.35. The number of nitrogens with zero attached hydrogens (tertiary/aromatic N) is 1. The van der Waals surface area contributed by atoms with E-state index in [0.717, 1.165) is 5.71 Å². The van der Waals surface area contributed by atoms with E-state index in [1.807, 2.05) is 0 Å². The molecule has 0 saturated heterocycles. The van der Waals surface area contributed by atoms with Crippen LogP contribution in [0.5, 0.6) is 0 Å². The van der Waals surface area contributed by atoms with Crippen LogP contribution in [0.1, 0.15) is 20.3 Å². The SMILES string of the molecule is CCOC(=O)[C@@H](O)[C@@H]1CC(C)=NO1. The minimum absolute atomic E-state index is 0.252. The molecule has 1 aliphatic rings. The van der Waals surface area contributed by atoms with Crippen molar-refractivity contribution in [2.24, 2.45) is 5.16 Å². The van der Waals surface area contributed by atoms with E-state index in [9.17, 15) is 9.90 Å². The second-order valence-electron chi connectivity index (χ2n) is 2.87. The second-order valence-corrected chi connectivity index (χ2v) is 2.87. The molecule has 0 aromatic rings. The van der Waals surface area contributed by atoms with Gasteiger partial charge in [0, 0.05) is 6.42 Å². The van der Waals surface area contributed by atoms with Crippen molar-refractivity contribution in [1.29, 1.82) is 0 Å². The number of carbonyl (C=O) groups excluding carboxylic acids is 1. The number of hydrogen-bond donors (Lipinski definition) is 1. The van der Waals surface area contributed by atoms with Gasteiger partial charge in [-0.2, -0.15) is 0 Å². The van der Waals surface area contributed by atoms with E-state index in [1.165, 1.54) is 0 Å². The monoisotopic (exact) mass is 187 g/mol. The van der Waals surface area contributed by atoms with Crippen molar-refractivity contribution in [3.63, 3.8) is 0 Å². The standard InChI is InChI=1S/C8H13NO4/c1-3-12-8(11)7(10)6-4-5(2)9-13-6/h6-7,10H,3-4H2,1-2H3/t6-,7-/m0/s1. The van der Waals surface area contributed by atoms with Gasteiger partial charge in [0.25, 0.3) is 0 Å². The summed E-state index contributed by atoms with van der Waals surface area (Å²) in [5.74, 6) is -0.655. The van der Waals surface area contributed by atoms with Gasteiger partial charge in [-0.15, -0.1) is 0 Å². The summed E-state index contributed by atoms with van der Waals surface area (Å²) >= 11 is 0. The fourth-order valence-corrected chi connectivity index (χ4v) is 1.07. The van der Waals surface area contributed by atoms with E-state index >= 15 is 0 Å². The Labute approximate surface area is 76.3 Å². The normalized spacial score (nSPS) is 23.3. The molecule has 5 heteroatoms. The molecule has 0 radical (unpaired) electrons. The van der Waals surface area contributed by atoms with E-state index < -0.39 is 18.2 Å². The van der Waals surface area contributed by atoms with Gasteiger partial charge in [-0.25, -0.2) is 4.79 Å². The van der Waals surface area contributed by atoms with E-state index in [0.29, 0.717) is 6.42 Å². The van der Waals surface area contributed by atoms with Crippen LogP contribution in [-0.2, 0) is 14.4 Å². The molecule has 0 spiro atoms. The lowest BCUT2D eigenvalue weighted by Gasteiger charge is -2.13. The smallest absolute Gasteiger partial charge is 0.339 e. The summed E-state index contributed by atoms with van der Waals surface area (Å²) in [6, 6.07) is 0. The molecule has 0 amide bonds. The van der Waals surface area contributed by atoms with Gasteiger partial charge in [-0.1, -0.05) is 5.16 Å². The number of aliphatic hydroxyl groups is 1. The van der Waals surface area contributed by atoms with Crippen molar-refractivity contribution < 1.29 is 19.5 Å². The van der Waals surface area contributed by atoms with Gasteiger partial charge in [0.05, 0.1) is 12.3 Å². The average Bonchev–Trinajstić information content (AvgIpc) is 2.51. The molecule has 0 fully saturated rings. The fourth-order valence-electron chi connectivity index (χ4n) is 1.07. The molecular formula is C8H13NO4. The van der Waals surface area contributed by atoms with Gasteiger partial charge in [0.1, 0.15) is 0 Å². The van der Waals surface area contributed by atoms with Gasteiger partial charge >= 0.3 is 5.97 Å². The molecule has 74 valence electrons. The van der Waals surface area contributed by atoms with Crippen molar-refractivity contribution in [2.75, 3.05) is 6.61 Å². The van der Waals surface area contributed by atoms with E-state index in [-0.39, 0.29) is 6.61 Å². The zero-order valence-electron chi connectivity index (χ0n) is 7.69. The number of aliphatic hydroxyl groups excluding tert-OH is 1. The van der Waals surface area contributed by atoms with Crippen LogP contribution < -0.4 is 0 Å². The first kappa shape index (κ1) is 9.98. The lowest BCUT2D eigenvalue weighted by molar-refractivity contribution is -0.160. The Bertz CT molecular complexity index is 226. The lowest BCUT2D eigenvalue weighted by atomic mass is 10.1. The molecule has 0 saturated carbocycles. The highest BCUT2D eigenvalue weighted by Crippen LogP contribution is 2.14. The Morgan fingerprint density at radius 1 is 1.92 bits per heavy atom. The maximum atomic E-state index is 11.0. The summed E-state index contributed by atoms with van der Waals surface area (Å²) in [5, 5.41) is 13.0. The minimum atomic E-state index is -1.24. The lowest BCUT2D eigenvalue weighted by Crippen LogP contribution is -2.35. The first-order valence-corrected chi connectivity index (χ1v) is 4.19. The third-order valence-electron chi connectivity index (χ3n) is 1.72. The Morgan fingerprint density at radius 2 is 2.62 bits per heavy atom. The number of carbonyl (C=O) groups is 1. The fraction of sp³-hybridized carbons (Fsp3) is 0.750. The van der Waals surface area contributed by atoms with Gasteiger partial charge in [-0.05, 0) is 13.8 Å². The maximum absolute atomic E-state index is 11.0. The number of hydrogen-bond acceptors (Lipinski definition) is 5. The van der Waals surface area contributed by atoms with E-state index in [4.69, 9.17) is 4.84 Å². The van der Waals surface area contributed by atoms with Crippen LogP contribution in [0.2, 0.25) is 0 Å². The molecule has 1 aliphatic heterocycles. The summed E-state index contributed by atoms with van der Waals surface area (Å²) in [7, 11) is 0. The Morgan fingerprint density at radius 3 is 3.08 bits per heavy atom. The summed E-state index contributed by atoms with van der Waals surface area (Å²) < 4.78 is 4.63. The van der Waals surface area contributed by atoms with Gasteiger partial charge in [-0.3, -0.25) is 0 Å². The summed E-state index contributed by atoms with van der Waals surface area (Å²) in [6.45, 7) is 3.71. The molecule has 13 heavy (non-hydrogen) atoms. The Balaban J connectivity index is 2.40. The predicted octanol–water partition coefficient (Wildman–Crippen LogP) is 0.0752. The topological polar surface area (TPSA) is 68.1 Å². The molecular weight excluding hydrogens is 174 g/mol.